The van der Waals surface area contributed by atoms with Gasteiger partial charge in [0.1, 0.15) is 12.2 Å². The molecular weight excluding hydrogens is 360 g/mol. The summed E-state index contributed by atoms with van der Waals surface area (Å²) in [6.45, 7) is 0.271. The van der Waals surface area contributed by atoms with Crippen LogP contribution in [0, 0.1) is 0 Å². The molecule has 0 aliphatic heterocycles. The molecule has 3 heterocycles. The molecule has 0 aromatic carbocycles. The van der Waals surface area contributed by atoms with Gasteiger partial charge in [-0.2, -0.15) is 4.98 Å². The maximum Gasteiger partial charge on any atom is 0.332 e. The van der Waals surface area contributed by atoms with Gasteiger partial charge in [-0.3, -0.25) is 13.9 Å². The first-order valence-electron chi connectivity index (χ1n) is 8.27. The molecule has 9 nitrogen and oxygen atoms in total. The van der Waals surface area contributed by atoms with E-state index in [0.29, 0.717) is 22.7 Å². The van der Waals surface area contributed by atoms with Crippen molar-refractivity contribution in [3.05, 3.63) is 44.8 Å². The Hall–Kier alpha value is -2.39. The molecule has 3 aromatic rings. The van der Waals surface area contributed by atoms with E-state index in [1.165, 1.54) is 11.6 Å². The molecule has 1 saturated carbocycles. The van der Waals surface area contributed by atoms with Crippen LogP contribution in [-0.4, -0.2) is 23.8 Å². The lowest BCUT2D eigenvalue weighted by Crippen LogP contribution is -2.37. The van der Waals surface area contributed by atoms with E-state index in [0.717, 1.165) is 30.3 Å². The van der Waals surface area contributed by atoms with Crippen LogP contribution in [0.15, 0.2) is 26.4 Å². The number of halogens is 1. The van der Waals surface area contributed by atoms with Gasteiger partial charge < -0.3 is 14.8 Å². The molecule has 3 aromatic heterocycles. The molecule has 0 amide bonds. The van der Waals surface area contributed by atoms with Crippen LogP contribution in [0.5, 0.6) is 0 Å². The van der Waals surface area contributed by atoms with Gasteiger partial charge in [0.2, 0.25) is 5.89 Å². The number of hydrogen-bond donors (Lipinski definition) is 1. The Morgan fingerprint density at radius 1 is 1.23 bits per heavy atom. The molecule has 4 rings (SSSR count). The van der Waals surface area contributed by atoms with Gasteiger partial charge >= 0.3 is 5.69 Å². The van der Waals surface area contributed by atoms with E-state index in [-0.39, 0.29) is 30.2 Å². The monoisotopic (exact) mass is 380 g/mol. The first-order valence-corrected chi connectivity index (χ1v) is 8.27. The fourth-order valence-corrected chi connectivity index (χ4v) is 3.61. The van der Waals surface area contributed by atoms with Crippen molar-refractivity contribution in [3.8, 4) is 0 Å². The molecule has 1 aliphatic rings. The normalized spacial score (nSPS) is 16.1. The van der Waals surface area contributed by atoms with Gasteiger partial charge in [-0.05, 0) is 18.9 Å². The SMILES string of the molecule is Cl.Cn1c(=O)c2ccn(Cc3nc(C4(N)CCCC4)no3)c2n(C)c1=O. The quantitative estimate of drug-likeness (QED) is 0.712. The van der Waals surface area contributed by atoms with Crippen molar-refractivity contribution in [1.82, 2.24) is 23.8 Å². The zero-order valence-electron chi connectivity index (χ0n) is 14.6. The molecule has 26 heavy (non-hydrogen) atoms. The summed E-state index contributed by atoms with van der Waals surface area (Å²) in [5, 5.41) is 4.51. The van der Waals surface area contributed by atoms with Gasteiger partial charge in [0.05, 0.1) is 10.9 Å². The third-order valence-electron chi connectivity index (χ3n) is 5.08. The molecule has 0 saturated heterocycles. The van der Waals surface area contributed by atoms with Crippen molar-refractivity contribution >= 4 is 23.4 Å². The molecule has 0 spiro atoms. The van der Waals surface area contributed by atoms with Crippen molar-refractivity contribution in [2.45, 2.75) is 37.8 Å². The predicted octanol–water partition coefficient (Wildman–Crippen LogP) is 0.620. The minimum absolute atomic E-state index is 0. The van der Waals surface area contributed by atoms with Crippen LogP contribution in [0.4, 0.5) is 0 Å². The predicted molar refractivity (Wildman–Crippen MR) is 97.4 cm³/mol. The molecule has 0 unspecified atom stereocenters. The van der Waals surface area contributed by atoms with Crippen LogP contribution in [0.3, 0.4) is 0 Å². The van der Waals surface area contributed by atoms with Crippen molar-refractivity contribution in [1.29, 1.82) is 0 Å². The highest BCUT2D eigenvalue weighted by atomic mass is 35.5. The Labute approximate surface area is 154 Å². The zero-order chi connectivity index (χ0) is 17.8. The average molecular weight is 381 g/mol. The van der Waals surface area contributed by atoms with Crippen LogP contribution in [0.1, 0.15) is 37.4 Å². The summed E-state index contributed by atoms with van der Waals surface area (Å²) < 4.78 is 9.65. The summed E-state index contributed by atoms with van der Waals surface area (Å²) in [5.41, 5.74) is 5.67. The lowest BCUT2D eigenvalue weighted by Gasteiger charge is -2.17. The third-order valence-corrected chi connectivity index (χ3v) is 5.08. The van der Waals surface area contributed by atoms with E-state index in [1.54, 1.807) is 23.9 Å². The Kier molecular flexibility index (Phi) is 4.53. The molecule has 1 fully saturated rings. The van der Waals surface area contributed by atoms with E-state index in [4.69, 9.17) is 10.3 Å². The number of hydrogen-bond acceptors (Lipinski definition) is 6. The zero-order valence-corrected chi connectivity index (χ0v) is 15.5. The largest absolute Gasteiger partial charge is 0.337 e. The number of fused-ring (bicyclic) bond motifs is 1. The summed E-state index contributed by atoms with van der Waals surface area (Å²) in [5.74, 6) is 0.929. The highest BCUT2D eigenvalue weighted by Crippen LogP contribution is 2.34. The fraction of sp³-hybridized carbons (Fsp3) is 0.500. The van der Waals surface area contributed by atoms with Crippen molar-refractivity contribution in [3.63, 3.8) is 0 Å². The second-order valence-corrected chi connectivity index (χ2v) is 6.76. The van der Waals surface area contributed by atoms with Gasteiger partial charge in [0.25, 0.3) is 5.56 Å². The maximum atomic E-state index is 12.3. The Morgan fingerprint density at radius 2 is 1.92 bits per heavy atom. The third kappa shape index (κ3) is 2.67. The minimum Gasteiger partial charge on any atom is -0.337 e. The number of rotatable bonds is 3. The summed E-state index contributed by atoms with van der Waals surface area (Å²) >= 11 is 0. The summed E-state index contributed by atoms with van der Waals surface area (Å²) in [6, 6.07) is 1.69. The van der Waals surface area contributed by atoms with Crippen LogP contribution in [-0.2, 0) is 26.2 Å². The molecular formula is C16H21ClN6O3. The fourth-order valence-electron chi connectivity index (χ4n) is 3.61. The molecule has 1 aliphatic carbocycles. The maximum absolute atomic E-state index is 12.3. The van der Waals surface area contributed by atoms with Crippen LogP contribution < -0.4 is 17.0 Å². The Balaban J connectivity index is 0.00000196. The first-order chi connectivity index (χ1) is 11.9. The summed E-state index contributed by atoms with van der Waals surface area (Å²) in [6.07, 6.45) is 5.57. The molecule has 0 radical (unpaired) electrons. The van der Waals surface area contributed by atoms with Gasteiger partial charge in [-0.15, -0.1) is 12.4 Å². The standard InChI is InChI=1S/C16H20N6O3.ClH/c1-20-12-10(13(23)21(2)15(20)24)5-8-22(12)9-11-18-14(19-25-11)16(17)6-3-4-7-16;/h5,8H,3-4,6-7,9,17H2,1-2H3;1H. The van der Waals surface area contributed by atoms with Crippen molar-refractivity contribution < 1.29 is 4.52 Å². The van der Waals surface area contributed by atoms with Gasteiger partial charge in [-0.1, -0.05) is 18.0 Å². The highest BCUT2D eigenvalue weighted by molar-refractivity contribution is 5.85. The van der Waals surface area contributed by atoms with Crippen LogP contribution in [0.2, 0.25) is 0 Å². The van der Waals surface area contributed by atoms with E-state index in [1.807, 2.05) is 0 Å². The topological polar surface area (TPSA) is 114 Å². The van der Waals surface area contributed by atoms with Crippen LogP contribution in [0.25, 0.3) is 11.0 Å². The van der Waals surface area contributed by atoms with Crippen molar-refractivity contribution in [2.75, 3.05) is 0 Å². The lowest BCUT2D eigenvalue weighted by molar-refractivity contribution is 0.345. The van der Waals surface area contributed by atoms with Gasteiger partial charge in [0.15, 0.2) is 5.82 Å². The van der Waals surface area contributed by atoms with E-state index in [9.17, 15) is 9.59 Å². The van der Waals surface area contributed by atoms with E-state index >= 15 is 0 Å². The Bertz CT molecular complexity index is 1070. The molecule has 0 bridgehead atoms. The Morgan fingerprint density at radius 3 is 2.62 bits per heavy atom. The van der Waals surface area contributed by atoms with Crippen LogP contribution >= 0.6 is 12.4 Å². The average Bonchev–Trinajstić information content (AvgIpc) is 3.32. The second-order valence-electron chi connectivity index (χ2n) is 6.76. The van der Waals surface area contributed by atoms with Crippen molar-refractivity contribution in [2.24, 2.45) is 19.8 Å². The van der Waals surface area contributed by atoms with Gasteiger partial charge in [-0.25, -0.2) is 4.79 Å². The molecule has 0 atom stereocenters. The van der Waals surface area contributed by atoms with Gasteiger partial charge in [0, 0.05) is 20.3 Å². The number of nitrogens with two attached hydrogens (primary N) is 1. The summed E-state index contributed by atoms with van der Waals surface area (Å²) in [7, 11) is 3.10. The summed E-state index contributed by atoms with van der Waals surface area (Å²) in [4.78, 5) is 28.9. The molecule has 2 N–H and O–H groups in total. The number of aryl methyl sites for hydroxylation is 1. The minimum atomic E-state index is -0.511. The smallest absolute Gasteiger partial charge is 0.332 e. The highest BCUT2D eigenvalue weighted by Gasteiger charge is 2.36. The first kappa shape index (κ1) is 18.4. The number of aromatic nitrogens is 5. The molecule has 140 valence electrons. The molecule has 10 heteroatoms. The lowest BCUT2D eigenvalue weighted by atomic mass is 9.99. The van der Waals surface area contributed by atoms with E-state index in [2.05, 4.69) is 10.1 Å². The number of nitrogens with zero attached hydrogens (tertiary/aromatic N) is 5. The van der Waals surface area contributed by atoms with E-state index < -0.39 is 5.54 Å². The second kappa shape index (κ2) is 6.40.